The van der Waals surface area contributed by atoms with Crippen LogP contribution in [0.15, 0.2) is 35.9 Å². The molecule has 0 aliphatic carbocycles. The number of esters is 2. The fourth-order valence-electron chi connectivity index (χ4n) is 1.97. The normalized spacial score (nSPS) is 10.2. The van der Waals surface area contributed by atoms with E-state index >= 15 is 0 Å². The topological polar surface area (TPSA) is 85.7 Å². The molecule has 1 aromatic heterocycles. The van der Waals surface area contributed by atoms with Crippen LogP contribution in [0.3, 0.4) is 0 Å². The van der Waals surface area contributed by atoms with E-state index in [1.54, 1.807) is 38.1 Å². The van der Waals surface area contributed by atoms with E-state index in [1.165, 1.54) is 12.1 Å². The Bertz CT molecular complexity index is 747. The number of ether oxygens (including phenoxy) is 2. The van der Waals surface area contributed by atoms with E-state index in [-0.39, 0.29) is 24.5 Å². The molecule has 0 aliphatic rings. The van der Waals surface area contributed by atoms with Crippen LogP contribution in [0.2, 0.25) is 0 Å². The van der Waals surface area contributed by atoms with E-state index in [9.17, 15) is 14.7 Å². The molecule has 0 atom stereocenters. The van der Waals surface area contributed by atoms with Crippen molar-refractivity contribution in [2.45, 2.75) is 13.8 Å². The van der Waals surface area contributed by atoms with Crippen molar-refractivity contribution in [2.75, 3.05) is 13.2 Å². The van der Waals surface area contributed by atoms with Crippen molar-refractivity contribution in [3.8, 4) is 5.75 Å². The van der Waals surface area contributed by atoms with E-state index < -0.39 is 11.9 Å². The Labute approximate surface area is 133 Å². The van der Waals surface area contributed by atoms with E-state index in [4.69, 9.17) is 9.47 Å². The molecule has 0 fully saturated rings. The maximum atomic E-state index is 11.9. The van der Waals surface area contributed by atoms with Gasteiger partial charge < -0.3 is 14.6 Å². The molecule has 0 saturated carbocycles. The summed E-state index contributed by atoms with van der Waals surface area (Å²) in [7, 11) is 0. The number of carbonyl (C=O) groups excluding carboxylic acids is 2. The van der Waals surface area contributed by atoms with Gasteiger partial charge in [-0.25, -0.2) is 14.6 Å². The lowest BCUT2D eigenvalue weighted by Gasteiger charge is -2.07. The average molecular weight is 315 g/mol. The maximum Gasteiger partial charge on any atom is 0.345 e. The Hall–Kier alpha value is -2.89. The predicted octanol–water partition coefficient (Wildman–Crippen LogP) is 2.45. The van der Waals surface area contributed by atoms with Gasteiger partial charge in [-0.1, -0.05) is 6.07 Å². The summed E-state index contributed by atoms with van der Waals surface area (Å²) >= 11 is 0. The highest BCUT2D eigenvalue weighted by Gasteiger charge is 2.21. The second kappa shape index (κ2) is 7.40. The predicted molar refractivity (Wildman–Crippen MR) is 84.7 cm³/mol. The fraction of sp³-hybridized carbons (Fsp3) is 0.235. The summed E-state index contributed by atoms with van der Waals surface area (Å²) < 4.78 is 9.75. The summed E-state index contributed by atoms with van der Waals surface area (Å²) in [6.45, 7) is 3.60. The molecule has 2 aromatic rings. The zero-order valence-corrected chi connectivity index (χ0v) is 12.9. The molecular weight excluding hydrogens is 298 g/mol. The van der Waals surface area contributed by atoms with Gasteiger partial charge in [-0.2, -0.15) is 0 Å². The van der Waals surface area contributed by atoms with Gasteiger partial charge >= 0.3 is 11.9 Å². The second-order valence-electron chi connectivity index (χ2n) is 4.61. The van der Waals surface area contributed by atoms with Crippen molar-refractivity contribution in [1.29, 1.82) is 0 Å². The Kier molecular flexibility index (Phi) is 5.30. The van der Waals surface area contributed by atoms with Gasteiger partial charge in [-0.05, 0) is 38.1 Å². The monoisotopic (exact) mass is 315 g/mol. The molecule has 120 valence electrons. The van der Waals surface area contributed by atoms with Gasteiger partial charge in [0.25, 0.3) is 0 Å². The van der Waals surface area contributed by atoms with Gasteiger partial charge in [0.15, 0.2) is 0 Å². The zero-order valence-electron chi connectivity index (χ0n) is 12.9. The van der Waals surface area contributed by atoms with Crippen LogP contribution in [0.25, 0.3) is 17.0 Å². The quantitative estimate of drug-likeness (QED) is 0.395. The third kappa shape index (κ3) is 4.06. The number of aromatic nitrogens is 1. The third-order valence-corrected chi connectivity index (χ3v) is 2.98. The molecular formula is C17H17NO5. The van der Waals surface area contributed by atoms with Crippen molar-refractivity contribution in [1.82, 2.24) is 4.98 Å². The number of aromatic hydroxyl groups is 1. The van der Waals surface area contributed by atoms with Crippen molar-refractivity contribution >= 4 is 28.9 Å². The number of rotatable bonds is 5. The standard InChI is InChI=1S/C17H17NO5/c1-3-22-16(20)14(17(21)23-4-2)9-12-7-5-11-6-8-13(19)10-15(11)18-12/h5-10,19H,3-4H2,1-2H3. The number of fused-ring (bicyclic) bond motifs is 1. The molecule has 0 amide bonds. The number of hydrogen-bond acceptors (Lipinski definition) is 6. The smallest absolute Gasteiger partial charge is 0.345 e. The molecule has 0 spiro atoms. The minimum Gasteiger partial charge on any atom is -0.508 e. The highest BCUT2D eigenvalue weighted by Crippen LogP contribution is 2.19. The third-order valence-electron chi connectivity index (χ3n) is 2.98. The molecule has 0 unspecified atom stereocenters. The lowest BCUT2D eigenvalue weighted by Crippen LogP contribution is -2.18. The van der Waals surface area contributed by atoms with Crippen LogP contribution >= 0.6 is 0 Å². The second-order valence-corrected chi connectivity index (χ2v) is 4.61. The zero-order chi connectivity index (χ0) is 16.8. The number of pyridine rings is 1. The highest BCUT2D eigenvalue weighted by molar-refractivity contribution is 6.17. The van der Waals surface area contributed by atoms with Gasteiger partial charge in [0.1, 0.15) is 11.3 Å². The van der Waals surface area contributed by atoms with Crippen LogP contribution in [0.5, 0.6) is 5.75 Å². The van der Waals surface area contributed by atoms with Crippen molar-refractivity contribution in [3.05, 3.63) is 41.6 Å². The summed E-state index contributed by atoms with van der Waals surface area (Å²) in [6, 6.07) is 8.23. The van der Waals surface area contributed by atoms with Crippen LogP contribution < -0.4 is 0 Å². The first-order valence-electron chi connectivity index (χ1n) is 7.20. The van der Waals surface area contributed by atoms with Crippen LogP contribution in [0.4, 0.5) is 0 Å². The number of carbonyl (C=O) groups is 2. The van der Waals surface area contributed by atoms with E-state index in [0.29, 0.717) is 11.2 Å². The maximum absolute atomic E-state index is 11.9. The summed E-state index contributed by atoms with van der Waals surface area (Å²) in [5.41, 5.74) is 0.714. The van der Waals surface area contributed by atoms with E-state index in [2.05, 4.69) is 4.98 Å². The average Bonchev–Trinajstić information content (AvgIpc) is 2.52. The Morgan fingerprint density at radius 1 is 1.09 bits per heavy atom. The first-order chi connectivity index (χ1) is 11.0. The van der Waals surface area contributed by atoms with Crippen molar-refractivity contribution in [3.63, 3.8) is 0 Å². The van der Waals surface area contributed by atoms with Gasteiger partial charge in [0.05, 0.1) is 24.4 Å². The van der Waals surface area contributed by atoms with Crippen LogP contribution in [-0.2, 0) is 19.1 Å². The SMILES string of the molecule is CCOC(=O)C(=Cc1ccc2ccc(O)cc2n1)C(=O)OCC. The Balaban J connectivity index is 2.44. The van der Waals surface area contributed by atoms with Crippen LogP contribution in [0.1, 0.15) is 19.5 Å². The summed E-state index contributed by atoms with van der Waals surface area (Å²) in [6.07, 6.45) is 1.32. The van der Waals surface area contributed by atoms with Gasteiger partial charge in [-0.3, -0.25) is 0 Å². The van der Waals surface area contributed by atoms with Crippen molar-refractivity contribution in [2.24, 2.45) is 0 Å². The number of phenols is 1. The molecule has 0 bridgehead atoms. The summed E-state index contributed by atoms with van der Waals surface area (Å²) in [5, 5.41) is 10.3. The van der Waals surface area contributed by atoms with Crippen LogP contribution in [0, 0.1) is 0 Å². The molecule has 6 nitrogen and oxygen atoms in total. The van der Waals surface area contributed by atoms with Crippen molar-refractivity contribution < 1.29 is 24.2 Å². The molecule has 0 saturated heterocycles. The van der Waals surface area contributed by atoms with Gasteiger partial charge in [0, 0.05) is 11.5 Å². The first kappa shape index (κ1) is 16.5. The molecule has 23 heavy (non-hydrogen) atoms. The highest BCUT2D eigenvalue weighted by atomic mass is 16.6. The minimum atomic E-state index is -0.760. The van der Waals surface area contributed by atoms with Gasteiger partial charge in [-0.15, -0.1) is 0 Å². The fourth-order valence-corrected chi connectivity index (χ4v) is 1.97. The van der Waals surface area contributed by atoms with Crippen LogP contribution in [-0.4, -0.2) is 35.2 Å². The number of benzene rings is 1. The molecule has 6 heteroatoms. The summed E-state index contributed by atoms with van der Waals surface area (Å²) in [4.78, 5) is 28.2. The summed E-state index contributed by atoms with van der Waals surface area (Å²) in [5.74, 6) is -1.44. The number of phenolic OH excluding ortho intramolecular Hbond substituents is 1. The first-order valence-corrected chi connectivity index (χ1v) is 7.20. The molecule has 2 rings (SSSR count). The van der Waals surface area contributed by atoms with E-state index in [1.807, 2.05) is 0 Å². The molecule has 0 radical (unpaired) electrons. The Morgan fingerprint density at radius 3 is 2.30 bits per heavy atom. The van der Waals surface area contributed by atoms with E-state index in [0.717, 1.165) is 5.39 Å². The van der Waals surface area contributed by atoms with Gasteiger partial charge in [0.2, 0.25) is 0 Å². The molecule has 0 aliphatic heterocycles. The number of nitrogens with zero attached hydrogens (tertiary/aromatic N) is 1. The number of hydrogen-bond donors (Lipinski definition) is 1. The molecule has 1 aromatic carbocycles. The lowest BCUT2D eigenvalue weighted by atomic mass is 10.1. The Morgan fingerprint density at radius 2 is 1.70 bits per heavy atom. The molecule has 1 N–H and O–H groups in total. The minimum absolute atomic E-state index is 0.0853. The molecule has 1 heterocycles. The lowest BCUT2D eigenvalue weighted by molar-refractivity contribution is -0.146. The largest absolute Gasteiger partial charge is 0.508 e.